The minimum Gasteiger partial charge on any atom is -0.497 e. The van der Waals surface area contributed by atoms with Crippen molar-refractivity contribution in [3.63, 3.8) is 0 Å². The van der Waals surface area contributed by atoms with Crippen LogP contribution in [0.3, 0.4) is 0 Å². The van der Waals surface area contributed by atoms with Crippen LogP contribution in [0.25, 0.3) is 0 Å². The van der Waals surface area contributed by atoms with Gasteiger partial charge >= 0.3 is 5.97 Å². The summed E-state index contributed by atoms with van der Waals surface area (Å²) in [5.41, 5.74) is 3.40. The van der Waals surface area contributed by atoms with E-state index in [-0.39, 0.29) is 11.8 Å². The minimum absolute atomic E-state index is 0.00355. The maximum atomic E-state index is 13.3. The first-order valence-corrected chi connectivity index (χ1v) is 9.57. The quantitative estimate of drug-likeness (QED) is 0.555. The second-order valence-corrected chi connectivity index (χ2v) is 7.41. The number of methoxy groups -OCH3 is 2. The Labute approximate surface area is 165 Å². The molecule has 150 valence electrons. The van der Waals surface area contributed by atoms with Crippen LogP contribution in [0.2, 0.25) is 0 Å². The van der Waals surface area contributed by atoms with Crippen molar-refractivity contribution in [2.75, 3.05) is 14.2 Å². The molecule has 1 aliphatic carbocycles. The average molecular weight is 384 g/mol. The summed E-state index contributed by atoms with van der Waals surface area (Å²) in [7, 11) is 3.00. The van der Waals surface area contributed by atoms with Crippen molar-refractivity contribution in [3.05, 3.63) is 52.3 Å². The molecule has 1 aromatic heterocycles. The van der Waals surface area contributed by atoms with Gasteiger partial charge in [-0.05, 0) is 56.9 Å². The van der Waals surface area contributed by atoms with E-state index in [0.29, 0.717) is 35.1 Å². The number of hydrogen-bond acceptors (Lipinski definition) is 5. The molecule has 1 fully saturated rings. The molecule has 6 nitrogen and oxygen atoms in total. The Morgan fingerprint density at radius 2 is 1.82 bits per heavy atom. The standard InChI is InChI=1S/C22H28N2O4/c1-13-19(22(26)28-5)14(2)23-20(13)21(25)15(3)24(17-8-9-17)12-16-6-10-18(27-4)11-7-16/h6-7,10-11,15,17,23H,8-9,12H2,1-5H3/t15-/m1/s1. The number of rotatable bonds is 8. The Morgan fingerprint density at radius 1 is 1.18 bits per heavy atom. The molecule has 1 heterocycles. The zero-order valence-corrected chi connectivity index (χ0v) is 17.2. The van der Waals surface area contributed by atoms with Crippen molar-refractivity contribution in [2.24, 2.45) is 0 Å². The van der Waals surface area contributed by atoms with E-state index in [0.717, 1.165) is 24.2 Å². The van der Waals surface area contributed by atoms with Gasteiger partial charge in [-0.1, -0.05) is 12.1 Å². The number of Topliss-reactive ketones (excluding diaryl/α,β-unsaturated/α-hetero) is 1. The number of ether oxygens (including phenoxy) is 2. The highest BCUT2D eigenvalue weighted by molar-refractivity contribution is 6.03. The third-order valence-electron chi connectivity index (χ3n) is 5.49. The van der Waals surface area contributed by atoms with Crippen molar-refractivity contribution in [1.29, 1.82) is 0 Å². The number of esters is 1. The number of H-pyrrole nitrogens is 1. The molecule has 1 aliphatic rings. The van der Waals surface area contributed by atoms with Gasteiger partial charge in [0.15, 0.2) is 5.78 Å². The lowest BCUT2D eigenvalue weighted by Crippen LogP contribution is -2.40. The molecule has 28 heavy (non-hydrogen) atoms. The summed E-state index contributed by atoms with van der Waals surface area (Å²) >= 11 is 0. The monoisotopic (exact) mass is 384 g/mol. The fraction of sp³-hybridized carbons (Fsp3) is 0.455. The predicted molar refractivity (Wildman–Crippen MR) is 107 cm³/mol. The van der Waals surface area contributed by atoms with Gasteiger partial charge in [0.1, 0.15) is 5.75 Å². The molecule has 1 saturated carbocycles. The lowest BCUT2D eigenvalue weighted by atomic mass is 10.0. The SMILES string of the molecule is COC(=O)c1c(C)[nH]c(C(=O)[C@@H](C)N(Cc2ccc(OC)cc2)C2CC2)c1C. The highest BCUT2D eigenvalue weighted by atomic mass is 16.5. The zero-order valence-electron chi connectivity index (χ0n) is 17.2. The normalized spacial score (nSPS) is 14.8. The highest BCUT2D eigenvalue weighted by Gasteiger charge is 2.36. The van der Waals surface area contributed by atoms with E-state index in [1.165, 1.54) is 7.11 Å². The fourth-order valence-electron chi connectivity index (χ4n) is 3.69. The number of hydrogen-bond donors (Lipinski definition) is 1. The molecule has 2 aromatic rings. The second kappa shape index (κ2) is 8.19. The molecule has 1 atom stereocenters. The lowest BCUT2D eigenvalue weighted by molar-refractivity contribution is 0.0599. The third kappa shape index (κ3) is 3.97. The summed E-state index contributed by atoms with van der Waals surface area (Å²) in [4.78, 5) is 30.6. The Kier molecular flexibility index (Phi) is 5.89. The fourth-order valence-corrected chi connectivity index (χ4v) is 3.69. The molecule has 3 rings (SSSR count). The first-order valence-electron chi connectivity index (χ1n) is 9.57. The van der Waals surface area contributed by atoms with Crippen molar-refractivity contribution < 1.29 is 19.1 Å². The van der Waals surface area contributed by atoms with Crippen LogP contribution in [-0.4, -0.2) is 47.9 Å². The summed E-state index contributed by atoms with van der Waals surface area (Å²) in [5, 5.41) is 0. The average Bonchev–Trinajstić information content (AvgIpc) is 3.50. The molecule has 0 radical (unpaired) electrons. The van der Waals surface area contributed by atoms with E-state index in [1.54, 1.807) is 21.0 Å². The summed E-state index contributed by atoms with van der Waals surface area (Å²) in [5.74, 6) is 0.394. The van der Waals surface area contributed by atoms with Gasteiger partial charge in [-0.15, -0.1) is 0 Å². The molecule has 0 bridgehead atoms. The van der Waals surface area contributed by atoms with E-state index in [4.69, 9.17) is 9.47 Å². The van der Waals surface area contributed by atoms with Gasteiger partial charge in [-0.25, -0.2) is 4.79 Å². The Balaban J connectivity index is 1.82. The second-order valence-electron chi connectivity index (χ2n) is 7.41. The van der Waals surface area contributed by atoms with Crippen LogP contribution < -0.4 is 4.74 Å². The van der Waals surface area contributed by atoms with Gasteiger partial charge in [0.2, 0.25) is 0 Å². The number of benzene rings is 1. The Bertz CT molecular complexity index is 865. The topological polar surface area (TPSA) is 71.6 Å². The van der Waals surface area contributed by atoms with Gasteiger partial charge < -0.3 is 14.5 Å². The van der Waals surface area contributed by atoms with Gasteiger partial charge in [0.25, 0.3) is 0 Å². The largest absolute Gasteiger partial charge is 0.497 e. The number of nitrogens with zero attached hydrogens (tertiary/aromatic N) is 1. The van der Waals surface area contributed by atoms with Crippen LogP contribution in [0, 0.1) is 13.8 Å². The van der Waals surface area contributed by atoms with Crippen LogP contribution in [0.1, 0.15) is 57.4 Å². The van der Waals surface area contributed by atoms with Crippen LogP contribution in [0.4, 0.5) is 0 Å². The van der Waals surface area contributed by atoms with Crippen LogP contribution in [0.15, 0.2) is 24.3 Å². The number of aromatic nitrogens is 1. The summed E-state index contributed by atoms with van der Waals surface area (Å²) in [6.07, 6.45) is 2.20. The number of carbonyl (C=O) groups is 2. The Morgan fingerprint density at radius 3 is 2.36 bits per heavy atom. The predicted octanol–water partition coefficient (Wildman–Crippen LogP) is 3.66. The van der Waals surface area contributed by atoms with E-state index < -0.39 is 5.97 Å². The summed E-state index contributed by atoms with van der Waals surface area (Å²) in [6, 6.07) is 8.06. The molecule has 0 saturated heterocycles. The van der Waals surface area contributed by atoms with Crippen molar-refractivity contribution in [3.8, 4) is 5.75 Å². The first kappa shape index (κ1) is 20.1. The molecule has 0 amide bonds. The molecule has 0 unspecified atom stereocenters. The molecular weight excluding hydrogens is 356 g/mol. The van der Waals surface area contributed by atoms with Crippen molar-refractivity contribution in [1.82, 2.24) is 9.88 Å². The highest BCUT2D eigenvalue weighted by Crippen LogP contribution is 2.32. The number of nitrogens with one attached hydrogen (secondary N) is 1. The van der Waals surface area contributed by atoms with E-state index in [1.807, 2.05) is 31.2 Å². The summed E-state index contributed by atoms with van der Waals surface area (Å²) in [6.45, 7) is 6.22. The lowest BCUT2D eigenvalue weighted by Gasteiger charge is -2.28. The number of ketones is 1. The third-order valence-corrected chi connectivity index (χ3v) is 5.49. The maximum Gasteiger partial charge on any atom is 0.339 e. The van der Waals surface area contributed by atoms with Gasteiger partial charge in [-0.2, -0.15) is 0 Å². The molecule has 1 aromatic carbocycles. The Hall–Kier alpha value is -2.60. The van der Waals surface area contributed by atoms with Crippen molar-refractivity contribution >= 4 is 11.8 Å². The number of aryl methyl sites for hydroxylation is 1. The van der Waals surface area contributed by atoms with E-state index in [9.17, 15) is 9.59 Å². The first-order chi connectivity index (χ1) is 13.4. The van der Waals surface area contributed by atoms with Gasteiger partial charge in [-0.3, -0.25) is 9.69 Å². The minimum atomic E-state index is -0.421. The molecule has 6 heteroatoms. The smallest absolute Gasteiger partial charge is 0.339 e. The van der Waals surface area contributed by atoms with Gasteiger partial charge in [0, 0.05) is 18.3 Å². The molecule has 1 N–H and O–H groups in total. The number of carbonyl (C=O) groups excluding carboxylic acids is 2. The van der Waals surface area contributed by atoms with E-state index in [2.05, 4.69) is 9.88 Å². The van der Waals surface area contributed by atoms with Crippen LogP contribution in [-0.2, 0) is 11.3 Å². The van der Waals surface area contributed by atoms with Crippen molar-refractivity contribution in [2.45, 2.75) is 52.2 Å². The van der Waals surface area contributed by atoms with Crippen LogP contribution in [0.5, 0.6) is 5.75 Å². The molecule has 0 aliphatic heterocycles. The van der Waals surface area contributed by atoms with Gasteiger partial charge in [0.05, 0.1) is 31.5 Å². The van der Waals surface area contributed by atoms with Crippen LogP contribution >= 0.6 is 0 Å². The maximum absolute atomic E-state index is 13.3. The zero-order chi connectivity index (χ0) is 20.4. The summed E-state index contributed by atoms with van der Waals surface area (Å²) < 4.78 is 10.1. The molecule has 0 spiro atoms. The van der Waals surface area contributed by atoms with E-state index >= 15 is 0 Å². The molecular formula is C22H28N2O4. The number of aromatic amines is 1.